The van der Waals surface area contributed by atoms with E-state index in [0.717, 1.165) is 22.3 Å². The molecule has 0 spiro atoms. The van der Waals surface area contributed by atoms with E-state index in [0.29, 0.717) is 0 Å². The van der Waals surface area contributed by atoms with E-state index < -0.39 is 6.61 Å². The zero-order chi connectivity index (χ0) is 15.6. The first-order valence-corrected chi connectivity index (χ1v) is 6.94. The van der Waals surface area contributed by atoms with Crippen LogP contribution in [0.1, 0.15) is 31.9 Å². The van der Waals surface area contributed by atoms with E-state index in [9.17, 15) is 8.78 Å². The van der Waals surface area contributed by atoms with Gasteiger partial charge in [-0.1, -0.05) is 62.7 Å². The van der Waals surface area contributed by atoms with Gasteiger partial charge in [0, 0.05) is 0 Å². The van der Waals surface area contributed by atoms with E-state index >= 15 is 0 Å². The molecule has 0 amide bonds. The number of benzene rings is 2. The monoisotopic (exact) mass is 290 g/mol. The Bertz CT molecular complexity index is 610. The van der Waals surface area contributed by atoms with Gasteiger partial charge in [0.1, 0.15) is 5.75 Å². The van der Waals surface area contributed by atoms with E-state index in [1.54, 1.807) is 6.07 Å². The Morgan fingerprint density at radius 3 is 2.00 bits per heavy atom. The van der Waals surface area contributed by atoms with Crippen LogP contribution in [0.4, 0.5) is 8.78 Å². The first-order chi connectivity index (χ1) is 9.77. The zero-order valence-electron chi connectivity index (χ0n) is 12.8. The van der Waals surface area contributed by atoms with Crippen molar-refractivity contribution in [2.75, 3.05) is 0 Å². The van der Waals surface area contributed by atoms with Gasteiger partial charge in [-0.25, -0.2) is 0 Å². The summed E-state index contributed by atoms with van der Waals surface area (Å²) in [5.41, 5.74) is 3.54. The second kappa shape index (κ2) is 5.84. The normalized spacial score (nSPS) is 11.8. The van der Waals surface area contributed by atoms with Crippen molar-refractivity contribution < 1.29 is 13.5 Å². The van der Waals surface area contributed by atoms with E-state index in [1.165, 1.54) is 0 Å². The maximum absolute atomic E-state index is 12.7. The van der Waals surface area contributed by atoms with Gasteiger partial charge in [0.2, 0.25) is 0 Å². The standard InChI is InChI=1S/C18H20F2O/c1-12-5-7-13(8-6-12)14-9-10-15(18(2,3)4)16(11-14)21-17(19)20/h5-11,17H,1-4H3. The number of aryl methyl sites for hydroxylation is 1. The predicted molar refractivity (Wildman–Crippen MR) is 81.9 cm³/mol. The lowest BCUT2D eigenvalue weighted by Crippen LogP contribution is -2.15. The molecular formula is C18H20F2O. The van der Waals surface area contributed by atoms with E-state index in [4.69, 9.17) is 4.74 Å². The number of ether oxygens (including phenoxy) is 1. The van der Waals surface area contributed by atoms with Crippen molar-refractivity contribution >= 4 is 0 Å². The summed E-state index contributed by atoms with van der Waals surface area (Å²) in [6.45, 7) is 5.13. The van der Waals surface area contributed by atoms with Crippen molar-refractivity contribution in [1.82, 2.24) is 0 Å². The molecule has 112 valence electrons. The molecule has 2 rings (SSSR count). The maximum atomic E-state index is 12.7. The average Bonchev–Trinajstić information content (AvgIpc) is 2.37. The van der Waals surface area contributed by atoms with Gasteiger partial charge in [0.05, 0.1) is 0 Å². The molecule has 21 heavy (non-hydrogen) atoms. The number of halogens is 2. The highest BCUT2D eigenvalue weighted by Crippen LogP contribution is 2.35. The number of hydrogen-bond acceptors (Lipinski definition) is 1. The van der Waals surface area contributed by atoms with Crippen LogP contribution in [0.2, 0.25) is 0 Å². The average molecular weight is 290 g/mol. The molecule has 0 unspecified atom stereocenters. The number of hydrogen-bond donors (Lipinski definition) is 0. The van der Waals surface area contributed by atoms with Crippen molar-refractivity contribution in [1.29, 1.82) is 0 Å². The topological polar surface area (TPSA) is 9.23 Å². The minimum Gasteiger partial charge on any atom is -0.435 e. The molecule has 0 bridgehead atoms. The molecule has 2 aromatic carbocycles. The van der Waals surface area contributed by atoms with Crippen LogP contribution in [0.25, 0.3) is 11.1 Å². The van der Waals surface area contributed by atoms with E-state index in [2.05, 4.69) is 0 Å². The first-order valence-electron chi connectivity index (χ1n) is 6.94. The molecule has 0 aliphatic rings. The van der Waals surface area contributed by atoms with Crippen molar-refractivity contribution in [2.45, 2.75) is 39.7 Å². The Morgan fingerprint density at radius 1 is 0.905 bits per heavy atom. The van der Waals surface area contributed by atoms with Gasteiger partial charge in [-0.05, 0) is 35.1 Å². The summed E-state index contributed by atoms with van der Waals surface area (Å²) >= 11 is 0. The van der Waals surface area contributed by atoms with Crippen LogP contribution in [0, 0.1) is 6.92 Å². The van der Waals surface area contributed by atoms with Crippen LogP contribution in [0.5, 0.6) is 5.75 Å². The van der Waals surface area contributed by atoms with Crippen molar-refractivity contribution in [3.05, 3.63) is 53.6 Å². The highest BCUT2D eigenvalue weighted by Gasteiger charge is 2.21. The largest absolute Gasteiger partial charge is 0.435 e. The third-order valence-electron chi connectivity index (χ3n) is 3.39. The highest BCUT2D eigenvalue weighted by atomic mass is 19.3. The molecule has 0 saturated heterocycles. The van der Waals surface area contributed by atoms with Gasteiger partial charge >= 0.3 is 6.61 Å². The van der Waals surface area contributed by atoms with Gasteiger partial charge in [-0.15, -0.1) is 0 Å². The minimum absolute atomic E-state index is 0.246. The smallest absolute Gasteiger partial charge is 0.387 e. The predicted octanol–water partition coefficient (Wildman–Crippen LogP) is 5.56. The van der Waals surface area contributed by atoms with Gasteiger partial charge in [-0.2, -0.15) is 8.78 Å². The zero-order valence-corrected chi connectivity index (χ0v) is 12.8. The molecule has 0 N–H and O–H groups in total. The molecular weight excluding hydrogens is 270 g/mol. The third kappa shape index (κ3) is 3.81. The summed E-state index contributed by atoms with van der Waals surface area (Å²) in [6.07, 6.45) is 0. The van der Waals surface area contributed by atoms with Crippen LogP contribution < -0.4 is 4.74 Å². The summed E-state index contributed by atoms with van der Waals surface area (Å²) in [4.78, 5) is 0. The van der Waals surface area contributed by atoms with Gasteiger partial charge < -0.3 is 4.74 Å². The Morgan fingerprint density at radius 2 is 1.48 bits per heavy atom. The number of rotatable bonds is 3. The van der Waals surface area contributed by atoms with Crippen LogP contribution >= 0.6 is 0 Å². The van der Waals surface area contributed by atoms with Crippen LogP contribution in [-0.2, 0) is 5.41 Å². The molecule has 0 fully saturated rings. The second-order valence-electron chi connectivity index (χ2n) is 6.21. The van der Waals surface area contributed by atoms with Crippen molar-refractivity contribution in [2.24, 2.45) is 0 Å². The summed E-state index contributed by atoms with van der Waals surface area (Å²) in [5, 5.41) is 0. The first kappa shape index (κ1) is 15.5. The maximum Gasteiger partial charge on any atom is 0.387 e. The molecule has 3 heteroatoms. The molecule has 0 aromatic heterocycles. The van der Waals surface area contributed by atoms with E-state index in [-0.39, 0.29) is 11.2 Å². The van der Waals surface area contributed by atoms with Crippen LogP contribution in [-0.4, -0.2) is 6.61 Å². The lowest BCUT2D eigenvalue weighted by Gasteiger charge is -2.23. The van der Waals surface area contributed by atoms with Gasteiger partial charge in [-0.3, -0.25) is 0 Å². The summed E-state index contributed by atoms with van der Waals surface area (Å²) in [5.74, 6) is 0.246. The second-order valence-corrected chi connectivity index (χ2v) is 6.21. The van der Waals surface area contributed by atoms with Crippen molar-refractivity contribution in [3.63, 3.8) is 0 Å². The Labute approximate surface area is 124 Å². The fourth-order valence-corrected chi connectivity index (χ4v) is 2.26. The molecule has 0 saturated carbocycles. The molecule has 0 atom stereocenters. The Hall–Kier alpha value is -1.90. The number of alkyl halides is 2. The summed E-state index contributed by atoms with van der Waals surface area (Å²) < 4.78 is 30.0. The minimum atomic E-state index is -2.82. The Kier molecular flexibility index (Phi) is 4.31. The SMILES string of the molecule is Cc1ccc(-c2ccc(C(C)(C)C)c(OC(F)F)c2)cc1. The van der Waals surface area contributed by atoms with E-state index in [1.807, 2.05) is 64.1 Å². The Balaban J connectivity index is 2.48. The molecule has 0 radical (unpaired) electrons. The van der Waals surface area contributed by atoms with Crippen LogP contribution in [0.15, 0.2) is 42.5 Å². The highest BCUT2D eigenvalue weighted by molar-refractivity contribution is 5.66. The van der Waals surface area contributed by atoms with Crippen LogP contribution in [0.3, 0.4) is 0 Å². The fourth-order valence-electron chi connectivity index (χ4n) is 2.26. The lowest BCUT2D eigenvalue weighted by atomic mass is 9.85. The van der Waals surface area contributed by atoms with Crippen molar-refractivity contribution in [3.8, 4) is 16.9 Å². The lowest BCUT2D eigenvalue weighted by molar-refractivity contribution is -0.0508. The molecule has 0 aliphatic carbocycles. The fraction of sp³-hybridized carbons (Fsp3) is 0.333. The molecule has 2 aromatic rings. The molecule has 1 nitrogen and oxygen atoms in total. The van der Waals surface area contributed by atoms with Gasteiger partial charge in [0.25, 0.3) is 0 Å². The third-order valence-corrected chi connectivity index (χ3v) is 3.39. The molecule has 0 aliphatic heterocycles. The quantitative estimate of drug-likeness (QED) is 0.719. The molecule has 0 heterocycles. The summed E-state index contributed by atoms with van der Waals surface area (Å²) in [6, 6.07) is 13.5. The van der Waals surface area contributed by atoms with Gasteiger partial charge in [0.15, 0.2) is 0 Å². The summed E-state index contributed by atoms with van der Waals surface area (Å²) in [7, 11) is 0.